The fourth-order valence-corrected chi connectivity index (χ4v) is 2.64. The molecule has 0 aromatic heterocycles. The highest BCUT2D eigenvalue weighted by Crippen LogP contribution is 2.24. The highest BCUT2D eigenvalue weighted by atomic mass is 16.5. The lowest BCUT2D eigenvalue weighted by atomic mass is 10.0. The Morgan fingerprint density at radius 3 is 2.95 bits per heavy atom. The van der Waals surface area contributed by atoms with Crippen LogP contribution < -0.4 is 15.0 Å². The molecular formula is C17H24N2O2. The molecular weight excluding hydrogens is 264 g/mol. The first-order valence-corrected chi connectivity index (χ1v) is 7.43. The predicted molar refractivity (Wildman–Crippen MR) is 85.8 cm³/mol. The lowest BCUT2D eigenvalue weighted by Crippen LogP contribution is -2.47. The monoisotopic (exact) mass is 288 g/mol. The average molecular weight is 288 g/mol. The molecule has 1 aromatic rings. The SMILES string of the molecule is COc1cccc(N2CCC[C@H](NC(=O)C=C(C)C)C2)c1. The number of amides is 1. The van der Waals surface area contributed by atoms with Crippen molar-refractivity contribution in [1.82, 2.24) is 5.32 Å². The number of anilines is 1. The van der Waals surface area contributed by atoms with Gasteiger partial charge >= 0.3 is 0 Å². The Morgan fingerprint density at radius 2 is 2.24 bits per heavy atom. The Balaban J connectivity index is 2.00. The summed E-state index contributed by atoms with van der Waals surface area (Å²) in [6.07, 6.45) is 3.77. The van der Waals surface area contributed by atoms with Crippen LogP contribution in [0.25, 0.3) is 0 Å². The van der Waals surface area contributed by atoms with Gasteiger partial charge in [0, 0.05) is 37.0 Å². The number of nitrogens with zero attached hydrogens (tertiary/aromatic N) is 1. The van der Waals surface area contributed by atoms with Crippen molar-refractivity contribution in [2.45, 2.75) is 32.7 Å². The molecule has 1 aliphatic rings. The smallest absolute Gasteiger partial charge is 0.244 e. The van der Waals surface area contributed by atoms with Crippen LogP contribution in [0.2, 0.25) is 0 Å². The van der Waals surface area contributed by atoms with Crippen molar-refractivity contribution in [3.63, 3.8) is 0 Å². The van der Waals surface area contributed by atoms with E-state index in [1.807, 2.05) is 32.0 Å². The summed E-state index contributed by atoms with van der Waals surface area (Å²) in [5, 5.41) is 3.09. The molecule has 0 spiro atoms. The minimum Gasteiger partial charge on any atom is -0.497 e. The first-order valence-electron chi connectivity index (χ1n) is 7.43. The molecule has 1 amide bonds. The van der Waals surface area contributed by atoms with E-state index in [1.165, 1.54) is 0 Å². The maximum atomic E-state index is 11.8. The van der Waals surface area contributed by atoms with E-state index >= 15 is 0 Å². The van der Waals surface area contributed by atoms with Crippen molar-refractivity contribution < 1.29 is 9.53 Å². The Kier molecular flexibility index (Phi) is 5.26. The summed E-state index contributed by atoms with van der Waals surface area (Å²) in [7, 11) is 1.68. The highest BCUT2D eigenvalue weighted by Gasteiger charge is 2.21. The van der Waals surface area contributed by atoms with E-state index in [0.717, 1.165) is 42.9 Å². The first kappa shape index (κ1) is 15.4. The number of carbonyl (C=O) groups excluding carboxylic acids is 1. The molecule has 1 atom stereocenters. The number of rotatable bonds is 4. The average Bonchev–Trinajstić information content (AvgIpc) is 2.46. The van der Waals surface area contributed by atoms with Gasteiger partial charge in [-0.15, -0.1) is 0 Å². The third-order valence-electron chi connectivity index (χ3n) is 3.61. The molecule has 1 aliphatic heterocycles. The van der Waals surface area contributed by atoms with Gasteiger partial charge in [0.2, 0.25) is 5.91 Å². The second kappa shape index (κ2) is 7.16. The Labute approximate surface area is 126 Å². The fraction of sp³-hybridized carbons (Fsp3) is 0.471. The molecule has 0 aliphatic carbocycles. The Hall–Kier alpha value is -1.97. The predicted octanol–water partition coefficient (Wildman–Crippen LogP) is 2.75. The van der Waals surface area contributed by atoms with Crippen LogP contribution in [0.5, 0.6) is 5.75 Å². The molecule has 2 rings (SSSR count). The van der Waals surface area contributed by atoms with E-state index in [4.69, 9.17) is 4.74 Å². The van der Waals surface area contributed by atoms with Crippen molar-refractivity contribution >= 4 is 11.6 Å². The number of benzene rings is 1. The Bertz CT molecular complexity index is 521. The molecule has 1 aromatic carbocycles. The lowest BCUT2D eigenvalue weighted by molar-refractivity contribution is -0.117. The van der Waals surface area contributed by atoms with E-state index < -0.39 is 0 Å². The number of methoxy groups -OCH3 is 1. The molecule has 0 radical (unpaired) electrons. The van der Waals surface area contributed by atoms with Crippen LogP contribution in [0.15, 0.2) is 35.9 Å². The quantitative estimate of drug-likeness (QED) is 0.866. The van der Waals surface area contributed by atoms with Crippen LogP contribution in [-0.4, -0.2) is 32.1 Å². The summed E-state index contributed by atoms with van der Waals surface area (Å²) in [6.45, 7) is 5.73. The molecule has 114 valence electrons. The van der Waals surface area contributed by atoms with Crippen molar-refractivity contribution in [3.8, 4) is 5.75 Å². The van der Waals surface area contributed by atoms with E-state index in [-0.39, 0.29) is 11.9 Å². The molecule has 1 N–H and O–H groups in total. The van der Waals surface area contributed by atoms with Gasteiger partial charge in [0.15, 0.2) is 0 Å². The normalized spacial score (nSPS) is 18.0. The number of ether oxygens (including phenoxy) is 1. The minimum atomic E-state index is 0.00694. The zero-order chi connectivity index (χ0) is 15.2. The molecule has 1 saturated heterocycles. The van der Waals surface area contributed by atoms with Gasteiger partial charge in [0.25, 0.3) is 0 Å². The fourth-order valence-electron chi connectivity index (χ4n) is 2.64. The zero-order valence-corrected chi connectivity index (χ0v) is 13.1. The molecule has 21 heavy (non-hydrogen) atoms. The summed E-state index contributed by atoms with van der Waals surface area (Å²) in [6, 6.07) is 8.28. The van der Waals surface area contributed by atoms with Crippen molar-refractivity contribution in [2.24, 2.45) is 0 Å². The van der Waals surface area contributed by atoms with Crippen LogP contribution in [0.4, 0.5) is 5.69 Å². The Morgan fingerprint density at radius 1 is 1.43 bits per heavy atom. The largest absolute Gasteiger partial charge is 0.497 e. The molecule has 4 nitrogen and oxygen atoms in total. The number of hydrogen-bond acceptors (Lipinski definition) is 3. The first-order chi connectivity index (χ1) is 10.1. The second-order valence-electron chi connectivity index (χ2n) is 5.72. The third-order valence-corrected chi connectivity index (χ3v) is 3.61. The number of allylic oxidation sites excluding steroid dienone is 1. The van der Waals surface area contributed by atoms with Crippen molar-refractivity contribution in [1.29, 1.82) is 0 Å². The van der Waals surface area contributed by atoms with Crippen LogP contribution in [-0.2, 0) is 4.79 Å². The second-order valence-corrected chi connectivity index (χ2v) is 5.72. The topological polar surface area (TPSA) is 41.6 Å². The van der Waals surface area contributed by atoms with Gasteiger partial charge in [-0.1, -0.05) is 11.6 Å². The van der Waals surface area contributed by atoms with E-state index in [1.54, 1.807) is 13.2 Å². The zero-order valence-electron chi connectivity index (χ0n) is 13.1. The molecule has 1 heterocycles. The number of hydrogen-bond donors (Lipinski definition) is 1. The molecule has 0 saturated carbocycles. The minimum absolute atomic E-state index is 0.00694. The van der Waals surface area contributed by atoms with Crippen LogP contribution in [0.3, 0.4) is 0 Å². The van der Waals surface area contributed by atoms with Gasteiger partial charge in [-0.25, -0.2) is 0 Å². The lowest BCUT2D eigenvalue weighted by Gasteiger charge is -2.34. The van der Waals surface area contributed by atoms with Gasteiger partial charge in [-0.3, -0.25) is 4.79 Å². The number of piperidine rings is 1. The van der Waals surface area contributed by atoms with E-state index in [9.17, 15) is 4.79 Å². The standard InChI is InChI=1S/C17H24N2O2/c1-13(2)10-17(20)18-14-6-5-9-19(12-14)15-7-4-8-16(11-15)21-3/h4,7-8,10-11,14H,5-6,9,12H2,1-3H3,(H,18,20)/t14-/m0/s1. The van der Waals surface area contributed by atoms with Crippen LogP contribution in [0, 0.1) is 0 Å². The maximum absolute atomic E-state index is 11.8. The summed E-state index contributed by atoms with van der Waals surface area (Å²) >= 11 is 0. The molecule has 0 unspecified atom stereocenters. The van der Waals surface area contributed by atoms with Gasteiger partial charge in [-0.2, -0.15) is 0 Å². The van der Waals surface area contributed by atoms with E-state index in [2.05, 4.69) is 16.3 Å². The van der Waals surface area contributed by atoms with Crippen LogP contribution >= 0.6 is 0 Å². The number of carbonyl (C=O) groups is 1. The molecule has 1 fully saturated rings. The van der Waals surface area contributed by atoms with Crippen molar-refractivity contribution in [2.75, 3.05) is 25.1 Å². The van der Waals surface area contributed by atoms with E-state index in [0.29, 0.717) is 0 Å². The molecule has 0 bridgehead atoms. The van der Waals surface area contributed by atoms with Gasteiger partial charge in [-0.05, 0) is 38.8 Å². The van der Waals surface area contributed by atoms with Crippen LogP contribution in [0.1, 0.15) is 26.7 Å². The van der Waals surface area contributed by atoms with Crippen molar-refractivity contribution in [3.05, 3.63) is 35.9 Å². The van der Waals surface area contributed by atoms with Gasteiger partial charge < -0.3 is 15.0 Å². The highest BCUT2D eigenvalue weighted by molar-refractivity contribution is 5.88. The maximum Gasteiger partial charge on any atom is 0.244 e. The summed E-state index contributed by atoms with van der Waals surface area (Å²) in [4.78, 5) is 14.1. The number of nitrogens with one attached hydrogen (secondary N) is 1. The molecule has 4 heteroatoms. The summed E-state index contributed by atoms with van der Waals surface area (Å²) < 4.78 is 5.28. The summed E-state index contributed by atoms with van der Waals surface area (Å²) in [5.74, 6) is 0.871. The van der Waals surface area contributed by atoms with Gasteiger partial charge in [0.05, 0.1) is 7.11 Å². The summed E-state index contributed by atoms with van der Waals surface area (Å²) in [5.41, 5.74) is 2.17. The van der Waals surface area contributed by atoms with Gasteiger partial charge in [0.1, 0.15) is 5.75 Å². The third kappa shape index (κ3) is 4.52.